The van der Waals surface area contributed by atoms with Crippen LogP contribution in [0.4, 0.5) is 0 Å². The maximum atomic E-state index is 14.5. The highest BCUT2D eigenvalue weighted by molar-refractivity contribution is 5.83. The minimum Gasteiger partial charge on any atom is -0.459 e. The zero-order valence-electron chi connectivity index (χ0n) is 44.7. The van der Waals surface area contributed by atoms with Crippen LogP contribution < -0.4 is 5.48 Å². The summed E-state index contributed by atoms with van der Waals surface area (Å²) in [7, 11) is 4.93. The molecule has 0 aliphatic carbocycles. The lowest BCUT2D eigenvalue weighted by atomic mass is 9.74. The van der Waals surface area contributed by atoms with Crippen molar-refractivity contribution < 1.29 is 73.2 Å². The molecule has 3 fully saturated rings. The number of aliphatic hydroxyl groups is 4. The number of hydroxylamine groups is 1. The molecule has 6 N–H and O–H groups in total. The Morgan fingerprint density at radius 2 is 1.57 bits per heavy atom. The number of carbonyl (C=O) groups excluding carboxylic acids is 3. The molecule has 5 rings (SSSR count). The van der Waals surface area contributed by atoms with Gasteiger partial charge in [-0.3, -0.25) is 29.2 Å². The van der Waals surface area contributed by atoms with Crippen LogP contribution >= 0.6 is 0 Å². The van der Waals surface area contributed by atoms with Crippen LogP contribution in [0.15, 0.2) is 30.5 Å². The molecule has 408 valence electrons. The third-order valence-corrected chi connectivity index (χ3v) is 15.8. The van der Waals surface area contributed by atoms with Gasteiger partial charge in [-0.2, -0.15) is 0 Å². The minimum atomic E-state index is -2.01. The Bertz CT molecular complexity index is 2060. The number of carbonyl (C=O) groups is 3. The SMILES string of the molecule is CC[C@H]1OC(=O)[C@H](C)[C@@H](O[C@@H]2C[C@](C)(OC)[C@H](O)[C@@H](C)O2)[C@@H](C)[C@@H](O[C@H]2O[C@@H](C)C[C@@H](N(C)Cc3ccc(-c4cn(CCCCCC(=O)NO)nn4)cc3)[C@@H]2O)[C@](C)(OC)C[C@@H](C)C(=O)[C@H](C)[C@H](O)[C@]1(C)O. The fraction of sp³-hybridized carbons (Fsp3) is 0.788. The van der Waals surface area contributed by atoms with Crippen molar-refractivity contribution in [1.82, 2.24) is 25.4 Å². The number of aliphatic hydroxyl groups excluding tert-OH is 3. The van der Waals surface area contributed by atoms with Gasteiger partial charge in [0, 0.05) is 69.5 Å². The van der Waals surface area contributed by atoms with Crippen LogP contribution in [0.25, 0.3) is 11.3 Å². The highest BCUT2D eigenvalue weighted by atomic mass is 16.7. The summed E-state index contributed by atoms with van der Waals surface area (Å²) in [5.41, 5.74) is -0.176. The Morgan fingerprint density at radius 1 is 0.903 bits per heavy atom. The lowest BCUT2D eigenvalue weighted by Gasteiger charge is -2.50. The van der Waals surface area contributed by atoms with Gasteiger partial charge in [0.2, 0.25) is 5.91 Å². The van der Waals surface area contributed by atoms with Crippen molar-refractivity contribution in [1.29, 1.82) is 0 Å². The number of likely N-dealkylation sites (N-methyl/N-ethyl adjacent to an activating group) is 1. The van der Waals surface area contributed by atoms with Crippen molar-refractivity contribution in [2.24, 2.45) is 23.7 Å². The molecule has 72 heavy (non-hydrogen) atoms. The number of Topliss-reactive ketones (excluding diaryl/α,β-unsaturated/α-hetero) is 1. The van der Waals surface area contributed by atoms with Gasteiger partial charge in [-0.1, -0.05) is 63.6 Å². The number of ketones is 1. The maximum Gasteiger partial charge on any atom is 0.311 e. The molecule has 3 aliphatic rings. The van der Waals surface area contributed by atoms with Gasteiger partial charge in [-0.15, -0.1) is 5.10 Å². The van der Waals surface area contributed by atoms with E-state index in [1.54, 1.807) is 58.6 Å². The second-order valence-corrected chi connectivity index (χ2v) is 21.5. The number of esters is 1. The fourth-order valence-electron chi connectivity index (χ4n) is 11.0. The second-order valence-electron chi connectivity index (χ2n) is 21.5. The van der Waals surface area contributed by atoms with Crippen molar-refractivity contribution in [3.63, 3.8) is 0 Å². The first-order valence-electron chi connectivity index (χ1n) is 25.7. The van der Waals surface area contributed by atoms with Gasteiger partial charge in [0.1, 0.15) is 35.4 Å². The lowest BCUT2D eigenvalue weighted by molar-refractivity contribution is -0.319. The Labute approximate surface area is 425 Å². The molecule has 18 atom stereocenters. The van der Waals surface area contributed by atoms with E-state index in [0.29, 0.717) is 25.9 Å². The number of ether oxygens (including phenoxy) is 7. The summed E-state index contributed by atoms with van der Waals surface area (Å²) < 4.78 is 46.6. The van der Waals surface area contributed by atoms with Crippen LogP contribution in [0.3, 0.4) is 0 Å². The molecule has 1 amide bonds. The van der Waals surface area contributed by atoms with Gasteiger partial charge in [-0.05, 0) is 86.3 Å². The average Bonchev–Trinajstić information content (AvgIpc) is 3.83. The molecule has 2 aromatic rings. The number of nitrogens with one attached hydrogen (secondary N) is 1. The number of cyclic esters (lactones) is 1. The summed E-state index contributed by atoms with van der Waals surface area (Å²) in [5, 5.41) is 64.2. The number of rotatable bonds is 17. The number of aromatic nitrogens is 3. The maximum absolute atomic E-state index is 14.5. The Kier molecular flexibility index (Phi) is 20.9. The molecule has 20 nitrogen and oxygen atoms in total. The van der Waals surface area contributed by atoms with E-state index in [1.807, 2.05) is 51.4 Å². The highest BCUT2D eigenvalue weighted by Gasteiger charge is 2.54. The number of unbranched alkanes of at least 4 members (excludes halogenated alkanes) is 2. The number of hydrogen-bond acceptors (Lipinski definition) is 18. The summed E-state index contributed by atoms with van der Waals surface area (Å²) in [6.07, 6.45) is -5.28. The number of nitrogens with zero attached hydrogens (tertiary/aromatic N) is 4. The Morgan fingerprint density at radius 3 is 2.19 bits per heavy atom. The van der Waals surface area contributed by atoms with Crippen LogP contribution in [0.2, 0.25) is 0 Å². The zero-order chi connectivity index (χ0) is 53.5. The predicted octanol–water partition coefficient (Wildman–Crippen LogP) is 4.33. The van der Waals surface area contributed by atoms with Gasteiger partial charge < -0.3 is 53.6 Å². The van der Waals surface area contributed by atoms with Crippen LogP contribution in [-0.2, 0) is 60.6 Å². The number of hydrogen-bond donors (Lipinski definition) is 6. The van der Waals surface area contributed by atoms with E-state index < -0.39 is 114 Å². The molecule has 1 aromatic heterocycles. The van der Waals surface area contributed by atoms with E-state index in [9.17, 15) is 34.8 Å². The Balaban J connectivity index is 1.43. The summed E-state index contributed by atoms with van der Waals surface area (Å²) in [6, 6.07) is 7.52. The number of aryl methyl sites for hydroxylation is 1. The molecule has 0 bridgehead atoms. The van der Waals surface area contributed by atoms with E-state index >= 15 is 0 Å². The molecule has 3 aliphatic heterocycles. The average molecular weight is 1020 g/mol. The van der Waals surface area contributed by atoms with Crippen molar-refractivity contribution in [3.8, 4) is 11.3 Å². The molecular weight excluding hydrogens is 935 g/mol. The monoisotopic (exact) mass is 1020 g/mol. The number of methoxy groups -OCH3 is 2. The zero-order valence-corrected chi connectivity index (χ0v) is 44.7. The van der Waals surface area contributed by atoms with Gasteiger partial charge in [-0.25, -0.2) is 5.48 Å². The molecule has 4 heterocycles. The first-order valence-corrected chi connectivity index (χ1v) is 25.7. The van der Waals surface area contributed by atoms with E-state index in [4.69, 9.17) is 38.4 Å². The molecular formula is C52H85N5O15. The van der Waals surface area contributed by atoms with E-state index in [-0.39, 0.29) is 37.6 Å². The minimum absolute atomic E-state index is 0.0611. The van der Waals surface area contributed by atoms with Gasteiger partial charge >= 0.3 is 5.97 Å². The highest BCUT2D eigenvalue weighted by Crippen LogP contribution is 2.42. The second kappa shape index (κ2) is 25.3. The first kappa shape index (κ1) is 59.4. The van der Waals surface area contributed by atoms with Crippen LogP contribution in [0, 0.1) is 23.7 Å². The van der Waals surface area contributed by atoms with Crippen molar-refractivity contribution in [2.45, 2.75) is 218 Å². The van der Waals surface area contributed by atoms with Crippen LogP contribution in [0.5, 0.6) is 0 Å². The molecule has 0 radical (unpaired) electrons. The molecule has 3 saturated heterocycles. The molecule has 20 heteroatoms. The normalized spacial score (nSPS) is 38.6. The topological polar surface area (TPSA) is 263 Å². The van der Waals surface area contributed by atoms with Crippen LogP contribution in [-0.4, -0.2) is 169 Å². The van der Waals surface area contributed by atoms with Gasteiger partial charge in [0.05, 0.1) is 53.8 Å². The molecule has 0 saturated carbocycles. The molecule has 0 spiro atoms. The summed E-state index contributed by atoms with van der Waals surface area (Å²) in [5.74, 6) is -5.16. The van der Waals surface area contributed by atoms with Crippen molar-refractivity contribution >= 4 is 17.7 Å². The standard InChI is InChI=1S/C52H85N5O15/c1-14-39-52(10,64)45(61)31(4)42(59)29(2)25-51(9,67-13)47(32(5)44(33(6)48(63)70-39)71-41-26-50(8,66-12)46(62)34(7)69-41)72-49-43(60)38(24-30(3)68-49)56(11)27-35-19-21-36(22-20-35)37-28-57(55-53-37)23-17-15-16-18-40(58)54-65/h19-22,28-34,38-39,41,43-47,49,60-62,64-65H,14-18,23-27H2,1-13H3,(H,54,58)/t29-,30+,31+,32-,33-,34-,38-,39-,41-,43+,44+,45+,46-,47-,49-,50+,51-,52-/m1/s1. The fourth-order valence-corrected chi connectivity index (χ4v) is 11.0. The number of amides is 1. The van der Waals surface area contributed by atoms with Crippen molar-refractivity contribution in [2.75, 3.05) is 21.3 Å². The lowest BCUT2D eigenvalue weighted by Crippen LogP contribution is -2.61. The number of benzene rings is 1. The summed E-state index contributed by atoms with van der Waals surface area (Å²) in [4.78, 5) is 42.1. The van der Waals surface area contributed by atoms with Crippen molar-refractivity contribution in [3.05, 3.63) is 36.0 Å². The van der Waals surface area contributed by atoms with Gasteiger partial charge in [0.25, 0.3) is 0 Å². The summed E-state index contributed by atoms with van der Waals surface area (Å²) >= 11 is 0. The third-order valence-electron chi connectivity index (χ3n) is 15.8. The molecule has 0 unspecified atom stereocenters. The quantitative estimate of drug-likeness (QED) is 0.0557. The molecule has 1 aromatic carbocycles. The largest absolute Gasteiger partial charge is 0.459 e. The summed E-state index contributed by atoms with van der Waals surface area (Å²) in [6.45, 7) is 18.1. The van der Waals surface area contributed by atoms with E-state index in [1.165, 1.54) is 21.1 Å². The van der Waals surface area contributed by atoms with E-state index in [0.717, 1.165) is 29.7 Å². The predicted molar refractivity (Wildman–Crippen MR) is 263 cm³/mol. The van der Waals surface area contributed by atoms with E-state index in [2.05, 4.69) is 15.2 Å². The Hall–Kier alpha value is -3.51. The third kappa shape index (κ3) is 13.9. The van der Waals surface area contributed by atoms with Crippen LogP contribution in [0.1, 0.15) is 126 Å². The first-order chi connectivity index (χ1) is 33.8. The smallest absolute Gasteiger partial charge is 0.311 e. The van der Waals surface area contributed by atoms with Gasteiger partial charge in [0.15, 0.2) is 12.6 Å².